The summed E-state index contributed by atoms with van der Waals surface area (Å²) >= 11 is 2.07. The molecule has 0 unspecified atom stereocenters. The van der Waals surface area contributed by atoms with Crippen LogP contribution in [0.3, 0.4) is 0 Å². The first-order chi connectivity index (χ1) is 22.4. The minimum absolute atomic E-state index is 0.117. The molecule has 1 fully saturated rings. The van der Waals surface area contributed by atoms with Crippen molar-refractivity contribution in [3.8, 4) is 0 Å². The van der Waals surface area contributed by atoms with Crippen LogP contribution >= 0.6 is 23.1 Å². The highest BCUT2D eigenvalue weighted by Crippen LogP contribution is 2.54. The maximum Gasteiger partial charge on any atom is 0.338 e. The molecular formula is C35H32FN3O6S2. The van der Waals surface area contributed by atoms with Gasteiger partial charge in [-0.3, -0.25) is 23.7 Å². The number of esters is 1. The van der Waals surface area contributed by atoms with Crippen LogP contribution in [0.25, 0.3) is 0 Å². The highest BCUT2D eigenvalue weighted by molar-refractivity contribution is 8.00. The quantitative estimate of drug-likeness (QED) is 0.190. The average Bonchev–Trinajstić information content (AvgIpc) is 3.47. The van der Waals surface area contributed by atoms with E-state index in [-0.39, 0.29) is 29.1 Å². The number of hydrogen-bond donors (Lipinski definition) is 1. The summed E-state index contributed by atoms with van der Waals surface area (Å²) in [6.45, 7) is 7.91. The molecule has 3 heterocycles. The van der Waals surface area contributed by atoms with Crippen LogP contribution in [0.2, 0.25) is 0 Å². The van der Waals surface area contributed by atoms with Crippen molar-refractivity contribution >= 4 is 58.2 Å². The Kier molecular flexibility index (Phi) is 8.66. The Bertz CT molecular complexity index is 1930. The predicted molar refractivity (Wildman–Crippen MR) is 179 cm³/mol. The standard InChI is InChI=1S/C35H32FN3O6S2/c1-5-45-33(43)20-8-14-23(15-9-20)37-25(40)18-38-32-29(47-34(38)44)26(19-6-10-21(11-7-19)35(2,3)4)27-28(46-32)31(42)39(30(27)41)24-16-12-22(36)13-17-24/h6-17,26-28H,5,18H2,1-4H3,(H,37,40)/t26-,27-,28+/m0/s1. The summed E-state index contributed by atoms with van der Waals surface area (Å²) in [5.41, 5.74) is 2.78. The summed E-state index contributed by atoms with van der Waals surface area (Å²) in [6, 6.07) is 19.3. The number of nitrogens with zero attached hydrogens (tertiary/aromatic N) is 2. The molecule has 3 atom stereocenters. The number of ether oxygens (including phenoxy) is 1. The van der Waals surface area contributed by atoms with Crippen molar-refractivity contribution in [2.24, 2.45) is 5.92 Å². The van der Waals surface area contributed by atoms with E-state index in [0.717, 1.165) is 39.1 Å². The number of nitrogens with one attached hydrogen (secondary N) is 1. The van der Waals surface area contributed by atoms with Crippen molar-refractivity contribution in [2.45, 2.75) is 55.8 Å². The van der Waals surface area contributed by atoms with Gasteiger partial charge in [-0.2, -0.15) is 0 Å². The van der Waals surface area contributed by atoms with Crippen LogP contribution in [0.4, 0.5) is 15.8 Å². The number of rotatable bonds is 7. The molecule has 0 spiro atoms. The molecule has 4 aromatic rings. The van der Waals surface area contributed by atoms with E-state index in [1.165, 1.54) is 41.0 Å². The van der Waals surface area contributed by atoms with Crippen molar-refractivity contribution in [2.75, 3.05) is 16.8 Å². The van der Waals surface area contributed by atoms with E-state index >= 15 is 0 Å². The first-order valence-corrected chi connectivity index (χ1v) is 16.8. The van der Waals surface area contributed by atoms with Crippen LogP contribution in [-0.4, -0.2) is 40.1 Å². The van der Waals surface area contributed by atoms with Crippen LogP contribution in [0.5, 0.6) is 0 Å². The molecule has 1 aromatic heterocycles. The van der Waals surface area contributed by atoms with Crippen molar-refractivity contribution in [1.82, 2.24) is 4.57 Å². The molecule has 6 rings (SSSR count). The van der Waals surface area contributed by atoms with Crippen LogP contribution in [-0.2, 0) is 31.1 Å². The fraction of sp³-hybridized carbons (Fsp3) is 0.286. The molecule has 0 aliphatic carbocycles. The minimum atomic E-state index is -0.869. The minimum Gasteiger partial charge on any atom is -0.462 e. The topological polar surface area (TPSA) is 115 Å². The zero-order valence-corrected chi connectivity index (χ0v) is 27.7. The highest BCUT2D eigenvalue weighted by Gasteiger charge is 2.56. The van der Waals surface area contributed by atoms with Gasteiger partial charge in [0, 0.05) is 16.5 Å². The number of hydrogen-bond acceptors (Lipinski definition) is 8. The maximum absolute atomic E-state index is 14.1. The molecule has 0 bridgehead atoms. The predicted octanol–water partition coefficient (Wildman–Crippen LogP) is 5.96. The van der Waals surface area contributed by atoms with E-state index in [0.29, 0.717) is 21.2 Å². The van der Waals surface area contributed by atoms with Crippen LogP contribution in [0, 0.1) is 11.7 Å². The zero-order chi connectivity index (χ0) is 33.6. The summed E-state index contributed by atoms with van der Waals surface area (Å²) in [6.07, 6.45) is 0. The molecule has 1 saturated heterocycles. The van der Waals surface area contributed by atoms with E-state index in [1.807, 2.05) is 24.3 Å². The SMILES string of the molecule is CCOC(=O)c1ccc(NC(=O)Cn2c3c(sc2=O)[C@@H](c2ccc(C(C)(C)C)cc2)[C@@H]2C(=O)N(c4ccc(F)cc4)C(=O)[C@@H]2S3)cc1. The number of anilines is 2. The van der Waals surface area contributed by atoms with Gasteiger partial charge in [0.1, 0.15) is 17.6 Å². The fourth-order valence-corrected chi connectivity index (χ4v) is 8.67. The molecule has 3 amide bonds. The van der Waals surface area contributed by atoms with E-state index in [9.17, 15) is 28.4 Å². The third-order valence-electron chi connectivity index (χ3n) is 8.25. The number of amides is 3. The lowest BCUT2D eigenvalue weighted by atomic mass is 9.81. The van der Waals surface area contributed by atoms with Gasteiger partial charge in [-0.05, 0) is 72.0 Å². The Labute approximate surface area is 278 Å². The Morgan fingerprint density at radius 3 is 2.19 bits per heavy atom. The van der Waals surface area contributed by atoms with Crippen molar-refractivity contribution in [3.63, 3.8) is 0 Å². The molecular weight excluding hydrogens is 642 g/mol. The number of fused-ring (bicyclic) bond motifs is 2. The third-order valence-corrected chi connectivity index (χ3v) is 10.9. The normalized spacial score (nSPS) is 18.9. The van der Waals surface area contributed by atoms with E-state index in [1.54, 1.807) is 19.1 Å². The molecule has 0 radical (unpaired) electrons. The number of halogens is 1. The van der Waals surface area contributed by atoms with Gasteiger partial charge in [-0.25, -0.2) is 14.1 Å². The second-order valence-electron chi connectivity index (χ2n) is 12.4. The maximum atomic E-state index is 14.1. The first-order valence-electron chi connectivity index (χ1n) is 15.1. The Balaban J connectivity index is 1.35. The molecule has 47 heavy (non-hydrogen) atoms. The van der Waals surface area contributed by atoms with Gasteiger partial charge in [0.25, 0.3) is 0 Å². The number of carbonyl (C=O) groups is 4. The molecule has 12 heteroatoms. The monoisotopic (exact) mass is 673 g/mol. The Morgan fingerprint density at radius 1 is 0.915 bits per heavy atom. The molecule has 3 aromatic carbocycles. The Morgan fingerprint density at radius 2 is 1.57 bits per heavy atom. The van der Waals surface area contributed by atoms with E-state index in [4.69, 9.17) is 4.74 Å². The Hall–Kier alpha value is -4.55. The molecule has 2 aliphatic rings. The van der Waals surface area contributed by atoms with Crippen LogP contribution in [0.1, 0.15) is 60.0 Å². The summed E-state index contributed by atoms with van der Waals surface area (Å²) in [5.74, 6) is -3.77. The van der Waals surface area contributed by atoms with Crippen LogP contribution in [0.15, 0.2) is 82.6 Å². The number of imide groups is 1. The first kappa shape index (κ1) is 32.4. The van der Waals surface area contributed by atoms with Gasteiger partial charge in [0.05, 0.1) is 28.8 Å². The lowest BCUT2D eigenvalue weighted by Gasteiger charge is -2.31. The molecule has 2 aliphatic heterocycles. The second kappa shape index (κ2) is 12.6. The largest absolute Gasteiger partial charge is 0.462 e. The van der Waals surface area contributed by atoms with Crippen LogP contribution < -0.4 is 15.1 Å². The molecule has 1 N–H and O–H groups in total. The molecule has 0 saturated carbocycles. The summed E-state index contributed by atoms with van der Waals surface area (Å²) < 4.78 is 20.1. The average molecular weight is 674 g/mol. The van der Waals surface area contributed by atoms with Crippen molar-refractivity contribution in [3.05, 3.63) is 110 Å². The number of carbonyl (C=O) groups excluding carboxylic acids is 4. The number of thiazole rings is 1. The second-order valence-corrected chi connectivity index (χ2v) is 14.5. The van der Waals surface area contributed by atoms with Gasteiger partial charge in [0.2, 0.25) is 17.7 Å². The smallest absolute Gasteiger partial charge is 0.338 e. The van der Waals surface area contributed by atoms with Gasteiger partial charge in [-0.1, -0.05) is 68.1 Å². The summed E-state index contributed by atoms with van der Waals surface area (Å²) in [7, 11) is 0. The van der Waals surface area contributed by atoms with E-state index in [2.05, 4.69) is 26.1 Å². The zero-order valence-electron chi connectivity index (χ0n) is 26.1. The number of benzene rings is 3. The lowest BCUT2D eigenvalue weighted by Crippen LogP contribution is -2.33. The highest BCUT2D eigenvalue weighted by atomic mass is 32.2. The third kappa shape index (κ3) is 6.15. The van der Waals surface area contributed by atoms with Crippen molar-refractivity contribution in [1.29, 1.82) is 0 Å². The van der Waals surface area contributed by atoms with Gasteiger partial charge >= 0.3 is 10.8 Å². The lowest BCUT2D eigenvalue weighted by molar-refractivity contribution is -0.122. The summed E-state index contributed by atoms with van der Waals surface area (Å²) in [4.78, 5) is 67.9. The number of thioether (sulfide) groups is 1. The molecule has 9 nitrogen and oxygen atoms in total. The van der Waals surface area contributed by atoms with Gasteiger partial charge in [-0.15, -0.1) is 0 Å². The summed E-state index contributed by atoms with van der Waals surface area (Å²) in [5, 5.41) is 2.35. The molecule has 242 valence electrons. The van der Waals surface area contributed by atoms with E-state index < -0.39 is 46.6 Å². The van der Waals surface area contributed by atoms with Gasteiger partial charge < -0.3 is 10.1 Å². The number of aromatic nitrogens is 1. The van der Waals surface area contributed by atoms with Gasteiger partial charge in [0.15, 0.2) is 0 Å². The fourth-order valence-electron chi connectivity index (χ4n) is 5.90. The van der Waals surface area contributed by atoms with Crippen molar-refractivity contribution < 1.29 is 28.3 Å².